The number of nitrogens with one attached hydrogen (secondary N) is 4. The molecule has 0 spiro atoms. The minimum absolute atomic E-state index is 0.0334. The van der Waals surface area contributed by atoms with Gasteiger partial charge < -0.3 is 16.2 Å². The van der Waals surface area contributed by atoms with Crippen molar-refractivity contribution in [2.75, 3.05) is 6.54 Å². The van der Waals surface area contributed by atoms with E-state index in [0.717, 1.165) is 10.8 Å². The summed E-state index contributed by atoms with van der Waals surface area (Å²) in [5.41, 5.74) is 7.48. The van der Waals surface area contributed by atoms with Gasteiger partial charge in [-0.05, 0) is 35.7 Å². The van der Waals surface area contributed by atoms with Gasteiger partial charge in [0, 0.05) is 6.54 Å². The van der Waals surface area contributed by atoms with Crippen LogP contribution in [0, 0.1) is 5.41 Å². The van der Waals surface area contributed by atoms with Crippen LogP contribution in [0.2, 0.25) is 0 Å². The number of hydrazine groups is 1. The fraction of sp³-hybridized carbons (Fsp3) is 0.250. The largest absolute Gasteiger partial charge is 0.480 e. The molecule has 2 aromatic carbocycles. The van der Waals surface area contributed by atoms with Crippen LogP contribution in [0.3, 0.4) is 0 Å². The number of hydrogen-bond donors (Lipinski definition) is 6. The lowest BCUT2D eigenvalue weighted by molar-refractivity contribution is -0.139. The molecule has 2 aromatic rings. The third-order valence-corrected chi connectivity index (χ3v) is 4.94. The van der Waals surface area contributed by atoms with E-state index in [0.29, 0.717) is 13.0 Å². The molecule has 26 heavy (non-hydrogen) atoms. The molecule has 9 nitrogen and oxygen atoms in total. The Balaban J connectivity index is 2.01. The normalized spacial score (nSPS) is 12.6. The molecular formula is C16H21N5O4S. The molecular weight excluding hydrogens is 358 g/mol. The average molecular weight is 379 g/mol. The van der Waals surface area contributed by atoms with Crippen molar-refractivity contribution in [2.45, 2.75) is 23.8 Å². The van der Waals surface area contributed by atoms with Crippen molar-refractivity contribution < 1.29 is 18.3 Å². The molecule has 0 heterocycles. The molecule has 0 aliphatic carbocycles. The van der Waals surface area contributed by atoms with Crippen LogP contribution in [0.4, 0.5) is 0 Å². The van der Waals surface area contributed by atoms with E-state index in [1.807, 2.05) is 12.1 Å². The minimum atomic E-state index is -3.92. The summed E-state index contributed by atoms with van der Waals surface area (Å²) in [7, 11) is -3.92. The van der Waals surface area contributed by atoms with Crippen LogP contribution < -0.4 is 21.3 Å². The first-order valence-corrected chi connectivity index (χ1v) is 9.35. The second kappa shape index (κ2) is 8.61. The number of guanidine groups is 1. The van der Waals surface area contributed by atoms with Gasteiger partial charge >= 0.3 is 5.97 Å². The summed E-state index contributed by atoms with van der Waals surface area (Å²) in [6.07, 6.45) is 0.539. The molecule has 0 aliphatic heterocycles. The lowest BCUT2D eigenvalue weighted by Gasteiger charge is -2.16. The predicted molar refractivity (Wildman–Crippen MR) is 98.0 cm³/mol. The molecule has 0 fully saturated rings. The zero-order valence-corrected chi connectivity index (χ0v) is 14.7. The van der Waals surface area contributed by atoms with Gasteiger partial charge in [0.1, 0.15) is 6.04 Å². The van der Waals surface area contributed by atoms with Crippen LogP contribution >= 0.6 is 0 Å². The molecule has 0 aliphatic rings. The van der Waals surface area contributed by atoms with Crippen molar-refractivity contribution in [1.29, 1.82) is 5.41 Å². The van der Waals surface area contributed by atoms with Gasteiger partial charge in [-0.3, -0.25) is 10.2 Å². The van der Waals surface area contributed by atoms with Gasteiger partial charge in [-0.2, -0.15) is 0 Å². The highest BCUT2D eigenvalue weighted by Gasteiger charge is 2.21. The van der Waals surface area contributed by atoms with Crippen molar-refractivity contribution in [2.24, 2.45) is 5.73 Å². The molecule has 0 radical (unpaired) electrons. The van der Waals surface area contributed by atoms with Gasteiger partial charge in [-0.1, -0.05) is 30.3 Å². The molecule has 10 heteroatoms. The zero-order valence-electron chi connectivity index (χ0n) is 13.9. The number of carboxylic acid groups (broad SMARTS) is 1. The van der Waals surface area contributed by atoms with Gasteiger partial charge in [-0.25, -0.2) is 13.8 Å². The third kappa shape index (κ3) is 5.41. The van der Waals surface area contributed by atoms with Crippen LogP contribution in [-0.4, -0.2) is 38.0 Å². The Bertz CT molecular complexity index is 900. The van der Waals surface area contributed by atoms with Crippen LogP contribution in [0.25, 0.3) is 10.8 Å². The summed E-state index contributed by atoms with van der Waals surface area (Å²) in [5, 5.41) is 20.5. The summed E-state index contributed by atoms with van der Waals surface area (Å²) >= 11 is 0. The minimum Gasteiger partial charge on any atom is -0.480 e. The first-order chi connectivity index (χ1) is 12.3. The standard InChI is InChI=1S/C16H21N5O4S/c17-16(18)19-9-3-6-14(15(22)23)20-21-26(24,25)13-8-7-11-4-1-2-5-12(11)10-13/h1-2,4-5,7-8,10,14,20-21H,3,6,9H2,(H,22,23)(H4,17,18,19)/t14-/m0/s1. The van der Waals surface area contributed by atoms with Crippen molar-refractivity contribution in [1.82, 2.24) is 15.6 Å². The monoisotopic (exact) mass is 379 g/mol. The first kappa shape index (κ1) is 19.6. The Morgan fingerprint density at radius 2 is 1.88 bits per heavy atom. The molecule has 0 amide bonds. The third-order valence-electron chi connectivity index (χ3n) is 3.68. The Hall–Kier alpha value is -2.69. The fourth-order valence-electron chi connectivity index (χ4n) is 2.33. The second-order valence-electron chi connectivity index (χ2n) is 5.63. The van der Waals surface area contributed by atoms with Crippen molar-refractivity contribution in [3.8, 4) is 0 Å². The van der Waals surface area contributed by atoms with E-state index in [4.69, 9.17) is 11.1 Å². The van der Waals surface area contributed by atoms with Crippen molar-refractivity contribution in [3.63, 3.8) is 0 Å². The van der Waals surface area contributed by atoms with Crippen molar-refractivity contribution in [3.05, 3.63) is 42.5 Å². The molecule has 0 aromatic heterocycles. The number of sulfonamides is 1. The number of benzene rings is 2. The van der Waals surface area contributed by atoms with Crippen LogP contribution in [-0.2, 0) is 14.8 Å². The molecule has 140 valence electrons. The molecule has 0 bridgehead atoms. The summed E-state index contributed by atoms with van der Waals surface area (Å²) in [6, 6.07) is 10.9. The highest BCUT2D eigenvalue weighted by atomic mass is 32.2. The Morgan fingerprint density at radius 1 is 1.19 bits per heavy atom. The van der Waals surface area contributed by atoms with Crippen LogP contribution in [0.15, 0.2) is 47.4 Å². The molecule has 1 atom stereocenters. The van der Waals surface area contributed by atoms with Crippen LogP contribution in [0.5, 0.6) is 0 Å². The van der Waals surface area contributed by atoms with Gasteiger partial charge in [0.25, 0.3) is 10.0 Å². The highest BCUT2D eigenvalue weighted by Crippen LogP contribution is 2.18. The number of rotatable bonds is 9. The van der Waals surface area contributed by atoms with Crippen molar-refractivity contribution >= 4 is 32.7 Å². The predicted octanol–water partition coefficient (Wildman–Crippen LogP) is 0.339. The van der Waals surface area contributed by atoms with Gasteiger partial charge in [-0.15, -0.1) is 4.83 Å². The molecule has 2 rings (SSSR count). The average Bonchev–Trinajstić information content (AvgIpc) is 2.60. The van der Waals surface area contributed by atoms with E-state index in [2.05, 4.69) is 15.6 Å². The lowest BCUT2D eigenvalue weighted by Crippen LogP contribution is -2.48. The molecule has 0 unspecified atom stereocenters. The number of carbonyl (C=O) groups is 1. The molecule has 0 saturated carbocycles. The summed E-state index contributed by atoms with van der Waals surface area (Å²) in [5.74, 6) is -1.39. The Kier molecular flexibility index (Phi) is 6.50. The number of fused-ring (bicyclic) bond motifs is 1. The maximum absolute atomic E-state index is 12.4. The zero-order chi connectivity index (χ0) is 19.2. The number of hydrogen-bond acceptors (Lipinski definition) is 5. The second-order valence-corrected chi connectivity index (χ2v) is 7.31. The Morgan fingerprint density at radius 3 is 2.54 bits per heavy atom. The van der Waals surface area contributed by atoms with E-state index >= 15 is 0 Å². The van der Waals surface area contributed by atoms with E-state index in [-0.39, 0.29) is 17.3 Å². The summed E-state index contributed by atoms with van der Waals surface area (Å²) < 4.78 is 24.8. The smallest absolute Gasteiger partial charge is 0.322 e. The SMILES string of the molecule is N=C(N)NCCC[C@H](NNS(=O)(=O)c1ccc2ccccc2c1)C(=O)O. The fourth-order valence-corrected chi connectivity index (χ4v) is 3.27. The highest BCUT2D eigenvalue weighted by molar-refractivity contribution is 7.89. The van der Waals surface area contributed by atoms with E-state index < -0.39 is 22.0 Å². The van der Waals surface area contributed by atoms with Gasteiger partial charge in [0.2, 0.25) is 0 Å². The first-order valence-electron chi connectivity index (χ1n) is 7.86. The quantitative estimate of drug-likeness (QED) is 0.159. The summed E-state index contributed by atoms with van der Waals surface area (Å²) in [6.45, 7) is 0.318. The van der Waals surface area contributed by atoms with Crippen LogP contribution in [0.1, 0.15) is 12.8 Å². The lowest BCUT2D eigenvalue weighted by atomic mass is 10.1. The number of aliphatic carboxylic acids is 1. The topological polar surface area (TPSA) is 157 Å². The molecule has 7 N–H and O–H groups in total. The Labute approximate surface area is 151 Å². The van der Waals surface area contributed by atoms with Gasteiger partial charge in [0.05, 0.1) is 4.90 Å². The maximum Gasteiger partial charge on any atom is 0.322 e. The molecule has 0 saturated heterocycles. The van der Waals surface area contributed by atoms with E-state index in [9.17, 15) is 18.3 Å². The van der Waals surface area contributed by atoms with E-state index in [1.165, 1.54) is 12.1 Å². The maximum atomic E-state index is 12.4. The van der Waals surface area contributed by atoms with E-state index in [1.54, 1.807) is 18.2 Å². The number of carboxylic acids is 1. The number of nitrogens with two attached hydrogens (primary N) is 1. The summed E-state index contributed by atoms with van der Waals surface area (Å²) in [4.78, 5) is 13.4. The van der Waals surface area contributed by atoms with Gasteiger partial charge in [0.15, 0.2) is 5.96 Å².